The summed E-state index contributed by atoms with van der Waals surface area (Å²) in [5, 5.41) is 18.9. The molecule has 0 saturated heterocycles. The lowest BCUT2D eigenvalue weighted by molar-refractivity contribution is 0.786. The summed E-state index contributed by atoms with van der Waals surface area (Å²) in [5.41, 5.74) is 0.464. The van der Waals surface area contributed by atoms with Gasteiger partial charge in [-0.1, -0.05) is 5.21 Å². The fraction of sp³-hybridized carbons (Fsp3) is 0. The number of aromatic nitrogens is 6. The number of aromatic amines is 1. The molecule has 3 rings (SSSR count). The van der Waals surface area contributed by atoms with Gasteiger partial charge in [-0.2, -0.15) is 9.94 Å². The number of rotatable bonds is 2. The predicted molar refractivity (Wildman–Crippen MR) is 63.8 cm³/mol. The summed E-state index contributed by atoms with van der Waals surface area (Å²) in [4.78, 5) is 16.2. The summed E-state index contributed by atoms with van der Waals surface area (Å²) in [5.74, 6) is 0.398. The van der Waals surface area contributed by atoms with Crippen molar-refractivity contribution in [3.63, 3.8) is 0 Å². The minimum absolute atomic E-state index is 0.303. The Kier molecular flexibility index (Phi) is 2.43. The molecule has 19 heavy (non-hydrogen) atoms. The third-order valence-corrected chi connectivity index (χ3v) is 2.53. The summed E-state index contributed by atoms with van der Waals surface area (Å²) in [6, 6.07) is 5.14. The molecule has 0 bridgehead atoms. The highest BCUT2D eigenvalue weighted by Crippen LogP contribution is 2.04. The van der Waals surface area contributed by atoms with Gasteiger partial charge in [-0.15, -0.1) is 5.10 Å². The Bertz CT molecular complexity index is 789. The van der Waals surface area contributed by atoms with Crippen LogP contribution >= 0.6 is 0 Å². The molecule has 0 aliphatic rings. The van der Waals surface area contributed by atoms with Gasteiger partial charge < -0.3 is 0 Å². The summed E-state index contributed by atoms with van der Waals surface area (Å²) >= 11 is 0. The molecule has 8 heteroatoms. The SMILES string of the molecule is N#Cc1ccc(-n2[nH]cc(-n3ccnn3)c2=O)nc1. The molecule has 0 unspecified atom stereocenters. The van der Waals surface area contributed by atoms with Gasteiger partial charge in [0, 0.05) is 6.20 Å². The predicted octanol–water partition coefficient (Wildman–Crippen LogP) is 0.0130. The molecule has 3 aromatic rings. The molecule has 1 N–H and O–H groups in total. The topological polar surface area (TPSA) is 105 Å². The Hall–Kier alpha value is -3.21. The number of hydrogen-bond acceptors (Lipinski definition) is 5. The third-order valence-electron chi connectivity index (χ3n) is 2.53. The molecular formula is C11H7N7O. The van der Waals surface area contributed by atoms with E-state index in [0.717, 1.165) is 0 Å². The lowest BCUT2D eigenvalue weighted by Gasteiger charge is -1.99. The zero-order valence-electron chi connectivity index (χ0n) is 9.56. The first-order valence-electron chi connectivity index (χ1n) is 5.33. The van der Waals surface area contributed by atoms with Crippen molar-refractivity contribution in [3.05, 3.63) is 52.8 Å². The second-order valence-corrected chi connectivity index (χ2v) is 3.66. The van der Waals surface area contributed by atoms with Crippen LogP contribution in [0.15, 0.2) is 41.7 Å². The smallest absolute Gasteiger partial charge is 0.295 e. The van der Waals surface area contributed by atoms with Crippen LogP contribution in [0.1, 0.15) is 5.56 Å². The zero-order valence-corrected chi connectivity index (χ0v) is 9.56. The lowest BCUT2D eigenvalue weighted by atomic mass is 10.3. The van der Waals surface area contributed by atoms with Crippen LogP contribution in [-0.4, -0.2) is 29.8 Å². The molecule has 0 aromatic carbocycles. The molecule has 0 spiro atoms. The van der Waals surface area contributed by atoms with Crippen molar-refractivity contribution in [2.75, 3.05) is 0 Å². The number of hydrogen-bond donors (Lipinski definition) is 1. The Morgan fingerprint density at radius 1 is 1.37 bits per heavy atom. The Morgan fingerprint density at radius 3 is 2.89 bits per heavy atom. The third kappa shape index (κ3) is 1.79. The highest BCUT2D eigenvalue weighted by Gasteiger charge is 2.10. The van der Waals surface area contributed by atoms with Gasteiger partial charge in [0.15, 0.2) is 11.5 Å². The van der Waals surface area contributed by atoms with E-state index >= 15 is 0 Å². The summed E-state index contributed by atoms with van der Waals surface area (Å²) in [7, 11) is 0. The number of nitrogens with zero attached hydrogens (tertiary/aromatic N) is 6. The highest BCUT2D eigenvalue weighted by atomic mass is 16.1. The van der Waals surface area contributed by atoms with Gasteiger partial charge in [0.05, 0.1) is 24.2 Å². The van der Waals surface area contributed by atoms with Crippen molar-refractivity contribution in [1.29, 1.82) is 5.26 Å². The van der Waals surface area contributed by atoms with Crippen LogP contribution < -0.4 is 5.56 Å². The Labute approximate surface area is 106 Å². The molecule has 92 valence electrons. The first-order chi connectivity index (χ1) is 9.29. The van der Waals surface area contributed by atoms with Crippen molar-refractivity contribution in [3.8, 4) is 17.6 Å². The van der Waals surface area contributed by atoms with E-state index in [1.54, 1.807) is 18.3 Å². The molecule has 0 atom stereocenters. The average molecular weight is 253 g/mol. The molecule has 8 nitrogen and oxygen atoms in total. The van der Waals surface area contributed by atoms with Crippen molar-refractivity contribution in [2.24, 2.45) is 0 Å². The van der Waals surface area contributed by atoms with E-state index in [4.69, 9.17) is 5.26 Å². The molecule has 0 radical (unpaired) electrons. The summed E-state index contributed by atoms with van der Waals surface area (Å²) in [6.07, 6.45) is 5.96. The van der Waals surface area contributed by atoms with E-state index in [-0.39, 0.29) is 5.56 Å². The molecule has 0 aliphatic carbocycles. The summed E-state index contributed by atoms with van der Waals surface area (Å²) < 4.78 is 2.62. The van der Waals surface area contributed by atoms with Gasteiger partial charge in [-0.3, -0.25) is 9.89 Å². The van der Waals surface area contributed by atoms with Crippen molar-refractivity contribution >= 4 is 0 Å². The van der Waals surface area contributed by atoms with E-state index in [1.165, 1.54) is 28.0 Å². The molecule has 3 heterocycles. The highest BCUT2D eigenvalue weighted by molar-refractivity contribution is 5.34. The lowest BCUT2D eigenvalue weighted by Crippen LogP contribution is -2.19. The number of nitriles is 1. The maximum absolute atomic E-state index is 12.2. The monoisotopic (exact) mass is 253 g/mol. The van der Waals surface area contributed by atoms with Crippen LogP contribution in [0, 0.1) is 11.3 Å². The minimum Gasteiger partial charge on any atom is -0.295 e. The molecular weight excluding hydrogens is 246 g/mol. The molecule has 0 fully saturated rings. The van der Waals surface area contributed by atoms with Crippen LogP contribution in [0.5, 0.6) is 0 Å². The van der Waals surface area contributed by atoms with Gasteiger partial charge in [-0.05, 0) is 12.1 Å². The van der Waals surface area contributed by atoms with Gasteiger partial charge in [-0.25, -0.2) is 9.67 Å². The van der Waals surface area contributed by atoms with Crippen LogP contribution in [0.4, 0.5) is 0 Å². The quantitative estimate of drug-likeness (QED) is 0.692. The van der Waals surface area contributed by atoms with Gasteiger partial charge in [0.25, 0.3) is 5.56 Å². The van der Waals surface area contributed by atoms with Crippen molar-refractivity contribution in [1.82, 2.24) is 29.8 Å². The fourth-order valence-electron chi connectivity index (χ4n) is 1.62. The van der Waals surface area contributed by atoms with E-state index in [0.29, 0.717) is 17.1 Å². The summed E-state index contributed by atoms with van der Waals surface area (Å²) in [6.45, 7) is 0. The average Bonchev–Trinajstić information content (AvgIpc) is 3.08. The van der Waals surface area contributed by atoms with Gasteiger partial charge in [0.2, 0.25) is 0 Å². The molecule has 0 aliphatic heterocycles. The molecule has 0 amide bonds. The molecule has 3 aromatic heterocycles. The van der Waals surface area contributed by atoms with Crippen LogP contribution in [0.2, 0.25) is 0 Å². The maximum atomic E-state index is 12.2. The largest absolute Gasteiger partial charge is 0.298 e. The normalized spacial score (nSPS) is 10.3. The first-order valence-corrected chi connectivity index (χ1v) is 5.33. The number of nitrogens with one attached hydrogen (secondary N) is 1. The number of H-pyrrole nitrogens is 1. The standard InChI is InChI=1S/C11H7N7O/c12-5-8-1-2-10(13-6-8)18-11(19)9(7-15-18)17-4-3-14-16-17/h1-4,6-7,15H. The maximum Gasteiger partial charge on any atom is 0.298 e. The van der Waals surface area contributed by atoms with Crippen LogP contribution in [0.3, 0.4) is 0 Å². The van der Waals surface area contributed by atoms with Gasteiger partial charge in [0.1, 0.15) is 6.07 Å². The minimum atomic E-state index is -0.303. The zero-order chi connectivity index (χ0) is 13.2. The van der Waals surface area contributed by atoms with Crippen LogP contribution in [0.25, 0.3) is 11.5 Å². The van der Waals surface area contributed by atoms with E-state index in [2.05, 4.69) is 20.4 Å². The second kappa shape index (κ2) is 4.23. The van der Waals surface area contributed by atoms with Gasteiger partial charge >= 0.3 is 0 Å². The Morgan fingerprint density at radius 2 is 2.26 bits per heavy atom. The van der Waals surface area contributed by atoms with E-state index in [9.17, 15) is 4.79 Å². The number of pyridine rings is 1. The Balaban J connectivity index is 2.07. The van der Waals surface area contributed by atoms with E-state index in [1.807, 2.05) is 6.07 Å². The van der Waals surface area contributed by atoms with Crippen molar-refractivity contribution in [2.45, 2.75) is 0 Å². The molecule has 0 saturated carbocycles. The van der Waals surface area contributed by atoms with E-state index < -0.39 is 0 Å². The van der Waals surface area contributed by atoms with Crippen LogP contribution in [-0.2, 0) is 0 Å². The second-order valence-electron chi connectivity index (χ2n) is 3.66. The fourth-order valence-corrected chi connectivity index (χ4v) is 1.62. The first kappa shape index (κ1) is 10.9. The van der Waals surface area contributed by atoms with Crippen molar-refractivity contribution < 1.29 is 0 Å².